The Labute approximate surface area is 159 Å². The van der Waals surface area contributed by atoms with Gasteiger partial charge in [0.25, 0.3) is 0 Å². The van der Waals surface area contributed by atoms with Crippen molar-refractivity contribution in [3.8, 4) is 0 Å². The predicted molar refractivity (Wildman–Crippen MR) is 102 cm³/mol. The monoisotopic (exact) mass is 372 g/mol. The highest BCUT2D eigenvalue weighted by Crippen LogP contribution is 2.35. The third-order valence-electron chi connectivity index (χ3n) is 5.21. The van der Waals surface area contributed by atoms with Crippen LogP contribution in [0.5, 0.6) is 0 Å². The van der Waals surface area contributed by atoms with Gasteiger partial charge in [-0.15, -0.1) is 15.3 Å². The molecular weight excluding hydrogens is 344 g/mol. The second-order valence-electron chi connectivity index (χ2n) is 8.46. The Morgan fingerprint density at radius 1 is 1.07 bits per heavy atom. The van der Waals surface area contributed by atoms with Crippen molar-refractivity contribution in [1.82, 2.24) is 24.7 Å². The molecule has 0 spiro atoms. The van der Waals surface area contributed by atoms with E-state index in [-0.39, 0.29) is 6.09 Å². The molecule has 1 amide bonds. The zero-order valence-electron chi connectivity index (χ0n) is 16.4. The number of fused-ring (bicyclic) bond motifs is 1. The first-order valence-corrected chi connectivity index (χ1v) is 9.86. The number of ether oxygens (including phenoxy) is 1. The van der Waals surface area contributed by atoms with Crippen LogP contribution in [0.15, 0.2) is 12.1 Å². The molecule has 0 unspecified atom stereocenters. The number of hydrogen-bond acceptors (Lipinski definition) is 6. The van der Waals surface area contributed by atoms with Gasteiger partial charge in [0.05, 0.1) is 0 Å². The predicted octanol–water partition coefficient (Wildman–Crippen LogP) is 2.84. The third kappa shape index (κ3) is 3.84. The van der Waals surface area contributed by atoms with Crippen molar-refractivity contribution < 1.29 is 9.53 Å². The van der Waals surface area contributed by atoms with Gasteiger partial charge in [-0.1, -0.05) is 6.42 Å². The first-order chi connectivity index (χ1) is 12.9. The van der Waals surface area contributed by atoms with Crippen molar-refractivity contribution in [2.75, 3.05) is 31.1 Å². The van der Waals surface area contributed by atoms with Crippen molar-refractivity contribution in [2.24, 2.45) is 0 Å². The summed E-state index contributed by atoms with van der Waals surface area (Å²) >= 11 is 0. The van der Waals surface area contributed by atoms with Crippen LogP contribution in [0.4, 0.5) is 10.6 Å². The Kier molecular flexibility index (Phi) is 4.65. The molecular formula is C19H28N6O2. The lowest BCUT2D eigenvalue weighted by molar-refractivity contribution is 0.0263. The minimum atomic E-state index is -0.470. The van der Waals surface area contributed by atoms with Crippen LogP contribution < -0.4 is 4.90 Å². The third-order valence-corrected chi connectivity index (χ3v) is 5.21. The molecule has 27 heavy (non-hydrogen) atoms. The van der Waals surface area contributed by atoms with Gasteiger partial charge in [0.2, 0.25) is 0 Å². The SMILES string of the molecule is CC(C)(C)OC(=O)N1CCCN(c2ccc3nnc(C4CCC4)n3n2)CC1. The van der Waals surface area contributed by atoms with E-state index in [0.717, 1.165) is 36.8 Å². The molecule has 0 N–H and O–H groups in total. The van der Waals surface area contributed by atoms with Crippen molar-refractivity contribution in [3.63, 3.8) is 0 Å². The summed E-state index contributed by atoms with van der Waals surface area (Å²) in [5.41, 5.74) is 0.327. The van der Waals surface area contributed by atoms with Gasteiger partial charge >= 0.3 is 6.09 Å². The topological polar surface area (TPSA) is 75.9 Å². The van der Waals surface area contributed by atoms with E-state index in [1.54, 1.807) is 4.90 Å². The quantitative estimate of drug-likeness (QED) is 0.807. The highest BCUT2D eigenvalue weighted by atomic mass is 16.6. The lowest BCUT2D eigenvalue weighted by atomic mass is 9.85. The molecule has 0 atom stereocenters. The summed E-state index contributed by atoms with van der Waals surface area (Å²) < 4.78 is 7.41. The second kappa shape index (κ2) is 6.98. The van der Waals surface area contributed by atoms with Crippen LogP contribution in [0.25, 0.3) is 5.65 Å². The summed E-state index contributed by atoms with van der Waals surface area (Å²) in [6.07, 6.45) is 4.24. The molecule has 1 saturated carbocycles. The van der Waals surface area contributed by atoms with E-state index in [2.05, 4.69) is 15.1 Å². The fourth-order valence-electron chi connectivity index (χ4n) is 3.54. The van der Waals surface area contributed by atoms with E-state index >= 15 is 0 Å². The van der Waals surface area contributed by atoms with Crippen LogP contribution in [-0.2, 0) is 4.74 Å². The molecule has 0 bridgehead atoms. The van der Waals surface area contributed by atoms with E-state index in [1.807, 2.05) is 37.4 Å². The number of nitrogens with zero attached hydrogens (tertiary/aromatic N) is 6. The maximum absolute atomic E-state index is 12.4. The van der Waals surface area contributed by atoms with Crippen molar-refractivity contribution >= 4 is 17.6 Å². The molecule has 2 aromatic rings. The molecule has 1 saturated heterocycles. The fraction of sp³-hybridized carbons (Fsp3) is 0.684. The first-order valence-electron chi connectivity index (χ1n) is 9.86. The van der Waals surface area contributed by atoms with Gasteiger partial charge in [0.1, 0.15) is 11.4 Å². The van der Waals surface area contributed by atoms with Crippen LogP contribution in [0.3, 0.4) is 0 Å². The Morgan fingerprint density at radius 2 is 1.89 bits per heavy atom. The lowest BCUT2D eigenvalue weighted by Gasteiger charge is -2.26. The minimum Gasteiger partial charge on any atom is -0.444 e. The van der Waals surface area contributed by atoms with E-state index in [9.17, 15) is 4.79 Å². The zero-order chi connectivity index (χ0) is 19.0. The van der Waals surface area contributed by atoms with Crippen LogP contribution in [0, 0.1) is 0 Å². The van der Waals surface area contributed by atoms with Crippen LogP contribution in [0.2, 0.25) is 0 Å². The molecule has 1 aliphatic carbocycles. The number of aromatic nitrogens is 4. The zero-order valence-corrected chi connectivity index (χ0v) is 16.4. The van der Waals surface area contributed by atoms with Gasteiger partial charge in [0, 0.05) is 32.1 Å². The van der Waals surface area contributed by atoms with Gasteiger partial charge in [-0.3, -0.25) is 0 Å². The second-order valence-corrected chi connectivity index (χ2v) is 8.46. The van der Waals surface area contributed by atoms with E-state index < -0.39 is 5.60 Å². The number of amides is 1. The maximum Gasteiger partial charge on any atom is 0.410 e. The Morgan fingerprint density at radius 3 is 2.59 bits per heavy atom. The maximum atomic E-state index is 12.4. The van der Waals surface area contributed by atoms with E-state index in [4.69, 9.17) is 9.84 Å². The molecule has 1 aliphatic heterocycles. The van der Waals surface area contributed by atoms with Crippen LogP contribution >= 0.6 is 0 Å². The summed E-state index contributed by atoms with van der Waals surface area (Å²) in [4.78, 5) is 16.4. The van der Waals surface area contributed by atoms with E-state index in [1.165, 1.54) is 19.3 Å². The Hall–Kier alpha value is -2.38. The lowest BCUT2D eigenvalue weighted by Crippen LogP contribution is -2.39. The van der Waals surface area contributed by atoms with Crippen molar-refractivity contribution in [1.29, 1.82) is 0 Å². The Balaban J connectivity index is 1.48. The van der Waals surface area contributed by atoms with Crippen LogP contribution in [0.1, 0.15) is 58.2 Å². The molecule has 3 heterocycles. The highest BCUT2D eigenvalue weighted by Gasteiger charge is 2.27. The van der Waals surface area contributed by atoms with Gasteiger partial charge in [-0.2, -0.15) is 4.52 Å². The summed E-state index contributed by atoms with van der Waals surface area (Å²) in [7, 11) is 0. The average Bonchev–Trinajstić information content (AvgIpc) is 2.80. The molecule has 2 aromatic heterocycles. The largest absolute Gasteiger partial charge is 0.444 e. The van der Waals surface area contributed by atoms with Crippen LogP contribution in [-0.4, -0.2) is 62.6 Å². The number of rotatable bonds is 2. The minimum absolute atomic E-state index is 0.237. The average molecular weight is 372 g/mol. The summed E-state index contributed by atoms with van der Waals surface area (Å²) in [5.74, 6) is 2.37. The van der Waals surface area contributed by atoms with Gasteiger partial charge < -0.3 is 14.5 Å². The number of hydrogen-bond donors (Lipinski definition) is 0. The molecule has 4 rings (SSSR count). The van der Waals surface area contributed by atoms with Gasteiger partial charge in [-0.25, -0.2) is 4.79 Å². The smallest absolute Gasteiger partial charge is 0.410 e. The summed E-state index contributed by atoms with van der Waals surface area (Å²) in [6.45, 7) is 8.62. The molecule has 2 fully saturated rings. The molecule has 146 valence electrons. The van der Waals surface area contributed by atoms with Crippen molar-refractivity contribution in [2.45, 2.75) is 58.0 Å². The first kappa shape index (κ1) is 18.0. The highest BCUT2D eigenvalue weighted by molar-refractivity contribution is 5.68. The summed E-state index contributed by atoms with van der Waals surface area (Å²) in [6, 6.07) is 3.98. The molecule has 8 heteroatoms. The molecule has 0 aromatic carbocycles. The van der Waals surface area contributed by atoms with Gasteiger partial charge in [0.15, 0.2) is 11.5 Å². The van der Waals surface area contributed by atoms with E-state index in [0.29, 0.717) is 19.0 Å². The van der Waals surface area contributed by atoms with Gasteiger partial charge in [-0.05, 0) is 52.2 Å². The standard InChI is InChI=1S/C19H28N6O2/c1-19(2,3)27-18(26)24-11-5-10-23(12-13-24)16-9-8-15-20-21-17(25(15)22-16)14-6-4-7-14/h8-9,14H,4-7,10-13H2,1-3H3. The Bertz CT molecular complexity index is 823. The molecule has 8 nitrogen and oxygen atoms in total. The van der Waals surface area contributed by atoms with Crippen molar-refractivity contribution in [3.05, 3.63) is 18.0 Å². The number of carbonyl (C=O) groups is 1. The molecule has 0 radical (unpaired) electrons. The molecule has 2 aliphatic rings. The fourth-order valence-corrected chi connectivity index (χ4v) is 3.54. The number of anilines is 1. The normalized spacial score (nSPS) is 19.1. The summed E-state index contributed by atoms with van der Waals surface area (Å²) in [5, 5.41) is 13.4. The number of carbonyl (C=O) groups excluding carboxylic acids is 1.